The molecule has 6 heteroatoms. The number of carbonyl (C=O) groups is 1. The first-order valence-corrected chi connectivity index (χ1v) is 4.32. The van der Waals surface area contributed by atoms with E-state index in [1.807, 2.05) is 0 Å². The fourth-order valence-corrected chi connectivity index (χ4v) is 1.12. The maximum absolute atomic E-state index is 11.6. The normalized spacial score (nSPS) is 10.3. The molecule has 0 aromatic carbocycles. The van der Waals surface area contributed by atoms with Crippen molar-refractivity contribution < 1.29 is 13.8 Å². The van der Waals surface area contributed by atoms with Crippen LogP contribution >= 0.6 is 0 Å². The summed E-state index contributed by atoms with van der Waals surface area (Å²) in [7, 11) is 0. The van der Waals surface area contributed by atoms with Gasteiger partial charge in [-0.25, -0.2) is 0 Å². The van der Waals surface area contributed by atoms with E-state index in [1.54, 1.807) is 19.9 Å². The molecule has 0 atom stereocenters. The lowest BCUT2D eigenvalue weighted by atomic mass is 10.2. The Balaban J connectivity index is 2.14. The van der Waals surface area contributed by atoms with Gasteiger partial charge >= 0.3 is 0 Å². The Labute approximate surface area is 85.2 Å². The molecule has 2 aromatic heterocycles. The first kappa shape index (κ1) is 9.45. The molecule has 0 aliphatic heterocycles. The highest BCUT2D eigenvalue weighted by atomic mass is 16.5. The Morgan fingerprint density at radius 1 is 1.40 bits per heavy atom. The van der Waals surface area contributed by atoms with Crippen LogP contribution in [0.5, 0.6) is 0 Å². The van der Waals surface area contributed by atoms with Crippen molar-refractivity contribution in [3.8, 4) is 0 Å². The molecule has 78 valence electrons. The molecule has 15 heavy (non-hydrogen) atoms. The van der Waals surface area contributed by atoms with Crippen LogP contribution in [0.25, 0.3) is 0 Å². The average Bonchev–Trinajstić information content (AvgIpc) is 2.75. The summed E-state index contributed by atoms with van der Waals surface area (Å²) in [6.07, 6.45) is 1.29. The average molecular weight is 207 g/mol. The van der Waals surface area contributed by atoms with Gasteiger partial charge in [0.15, 0.2) is 5.82 Å². The Kier molecular flexibility index (Phi) is 2.24. The van der Waals surface area contributed by atoms with Crippen LogP contribution in [0.2, 0.25) is 0 Å². The molecule has 0 saturated heterocycles. The molecule has 0 fully saturated rings. The van der Waals surface area contributed by atoms with E-state index in [0.29, 0.717) is 22.8 Å². The zero-order valence-corrected chi connectivity index (χ0v) is 8.27. The molecule has 1 N–H and O–H groups in total. The molecule has 6 nitrogen and oxygen atoms in total. The maximum Gasteiger partial charge on any atom is 0.262 e. The highest BCUT2D eigenvalue weighted by molar-refractivity contribution is 6.04. The molecule has 1 amide bonds. The lowest BCUT2D eigenvalue weighted by Crippen LogP contribution is -2.12. The molecule has 2 rings (SSSR count). The standard InChI is InChI=1S/C9H9N3O3/c1-5-3-8(12-15-5)10-9(13)7-4-14-11-6(7)2/h3-4H,1-2H3,(H,10,12,13). The first-order valence-electron chi connectivity index (χ1n) is 4.32. The van der Waals surface area contributed by atoms with Crippen LogP contribution in [-0.4, -0.2) is 16.2 Å². The molecule has 0 bridgehead atoms. The summed E-state index contributed by atoms with van der Waals surface area (Å²) in [4.78, 5) is 11.6. The van der Waals surface area contributed by atoms with Gasteiger partial charge in [0.05, 0.1) is 5.69 Å². The van der Waals surface area contributed by atoms with Gasteiger partial charge in [0.25, 0.3) is 5.91 Å². The van der Waals surface area contributed by atoms with Gasteiger partial charge in [-0.05, 0) is 13.8 Å². The predicted octanol–water partition coefficient (Wildman–Crippen LogP) is 1.53. The summed E-state index contributed by atoms with van der Waals surface area (Å²) in [6, 6.07) is 1.63. The monoisotopic (exact) mass is 207 g/mol. The van der Waals surface area contributed by atoms with Crippen molar-refractivity contribution >= 4 is 11.7 Å². The number of anilines is 1. The molecule has 0 radical (unpaired) electrons. The number of rotatable bonds is 2. The van der Waals surface area contributed by atoms with Crippen molar-refractivity contribution in [3.05, 3.63) is 29.3 Å². The Hall–Kier alpha value is -2.11. The van der Waals surface area contributed by atoms with Crippen LogP contribution in [-0.2, 0) is 0 Å². The lowest BCUT2D eigenvalue weighted by molar-refractivity contribution is 0.102. The van der Waals surface area contributed by atoms with E-state index in [2.05, 4.69) is 20.2 Å². The minimum absolute atomic E-state index is 0.318. The minimum atomic E-state index is -0.318. The fraction of sp³-hybridized carbons (Fsp3) is 0.222. The zero-order valence-electron chi connectivity index (χ0n) is 8.27. The Bertz CT molecular complexity index is 486. The van der Waals surface area contributed by atoms with E-state index in [4.69, 9.17) is 4.52 Å². The van der Waals surface area contributed by atoms with Crippen LogP contribution in [0.15, 0.2) is 21.4 Å². The third kappa shape index (κ3) is 1.88. The first-order chi connectivity index (χ1) is 7.16. The number of aromatic nitrogens is 2. The predicted molar refractivity (Wildman–Crippen MR) is 50.4 cm³/mol. The van der Waals surface area contributed by atoms with Gasteiger partial charge in [-0.1, -0.05) is 10.3 Å². The summed E-state index contributed by atoms with van der Waals surface area (Å²) in [5, 5.41) is 9.80. The molecule has 2 heterocycles. The summed E-state index contributed by atoms with van der Waals surface area (Å²) >= 11 is 0. The molecule has 0 saturated carbocycles. The molecule has 0 unspecified atom stereocenters. The molecule has 0 spiro atoms. The maximum atomic E-state index is 11.6. The molecular formula is C9H9N3O3. The number of hydrogen-bond acceptors (Lipinski definition) is 5. The lowest BCUT2D eigenvalue weighted by Gasteiger charge is -1.96. The SMILES string of the molecule is Cc1cc(NC(=O)c2conc2C)no1. The van der Waals surface area contributed by atoms with Crippen LogP contribution in [0.4, 0.5) is 5.82 Å². The molecule has 2 aromatic rings. The number of carbonyl (C=O) groups excluding carboxylic acids is 1. The third-order valence-corrected chi connectivity index (χ3v) is 1.86. The summed E-state index contributed by atoms with van der Waals surface area (Å²) in [6.45, 7) is 3.43. The van der Waals surface area contributed by atoms with E-state index in [0.717, 1.165) is 0 Å². The highest BCUT2D eigenvalue weighted by Gasteiger charge is 2.14. The van der Waals surface area contributed by atoms with Crippen molar-refractivity contribution in [1.82, 2.24) is 10.3 Å². The molecule has 0 aliphatic rings. The van der Waals surface area contributed by atoms with E-state index >= 15 is 0 Å². The van der Waals surface area contributed by atoms with Crippen molar-refractivity contribution in [2.45, 2.75) is 13.8 Å². The van der Waals surface area contributed by atoms with Gasteiger partial charge in [-0.15, -0.1) is 0 Å². The topological polar surface area (TPSA) is 81.2 Å². The molecule has 0 aliphatic carbocycles. The van der Waals surface area contributed by atoms with Crippen molar-refractivity contribution in [3.63, 3.8) is 0 Å². The Morgan fingerprint density at radius 2 is 2.20 bits per heavy atom. The van der Waals surface area contributed by atoms with E-state index in [1.165, 1.54) is 6.26 Å². The van der Waals surface area contributed by atoms with Crippen molar-refractivity contribution in [2.75, 3.05) is 5.32 Å². The van der Waals surface area contributed by atoms with E-state index in [-0.39, 0.29) is 5.91 Å². The number of hydrogen-bond donors (Lipinski definition) is 1. The van der Waals surface area contributed by atoms with Crippen molar-refractivity contribution in [2.24, 2.45) is 0 Å². The number of nitrogens with one attached hydrogen (secondary N) is 1. The van der Waals surface area contributed by atoms with Gasteiger partial charge in [0, 0.05) is 6.07 Å². The van der Waals surface area contributed by atoms with Gasteiger partial charge in [0.2, 0.25) is 0 Å². The number of aryl methyl sites for hydroxylation is 2. The van der Waals surface area contributed by atoms with Crippen LogP contribution in [0.1, 0.15) is 21.8 Å². The minimum Gasteiger partial charge on any atom is -0.364 e. The largest absolute Gasteiger partial charge is 0.364 e. The van der Waals surface area contributed by atoms with Crippen LogP contribution < -0.4 is 5.32 Å². The number of amides is 1. The third-order valence-electron chi connectivity index (χ3n) is 1.86. The molecular weight excluding hydrogens is 198 g/mol. The second-order valence-electron chi connectivity index (χ2n) is 3.09. The quantitative estimate of drug-likeness (QED) is 0.807. The summed E-state index contributed by atoms with van der Waals surface area (Å²) in [5.41, 5.74) is 0.920. The number of nitrogens with zero attached hydrogens (tertiary/aromatic N) is 2. The second-order valence-corrected chi connectivity index (χ2v) is 3.09. The van der Waals surface area contributed by atoms with Gasteiger partial charge in [-0.2, -0.15) is 0 Å². The summed E-state index contributed by atoms with van der Waals surface area (Å²) < 4.78 is 9.46. The van der Waals surface area contributed by atoms with E-state index < -0.39 is 0 Å². The van der Waals surface area contributed by atoms with Crippen LogP contribution in [0.3, 0.4) is 0 Å². The zero-order chi connectivity index (χ0) is 10.8. The van der Waals surface area contributed by atoms with Crippen molar-refractivity contribution in [1.29, 1.82) is 0 Å². The Morgan fingerprint density at radius 3 is 2.73 bits per heavy atom. The van der Waals surface area contributed by atoms with Crippen LogP contribution in [0, 0.1) is 13.8 Å². The summed E-state index contributed by atoms with van der Waals surface area (Å²) in [5.74, 6) is 0.687. The van der Waals surface area contributed by atoms with Gasteiger partial charge < -0.3 is 14.4 Å². The van der Waals surface area contributed by atoms with Gasteiger partial charge in [-0.3, -0.25) is 4.79 Å². The fourth-order valence-electron chi connectivity index (χ4n) is 1.12. The smallest absolute Gasteiger partial charge is 0.262 e. The second kappa shape index (κ2) is 3.56. The van der Waals surface area contributed by atoms with Gasteiger partial charge in [0.1, 0.15) is 17.6 Å². The highest BCUT2D eigenvalue weighted by Crippen LogP contribution is 2.11. The van der Waals surface area contributed by atoms with E-state index in [9.17, 15) is 4.79 Å².